The minimum absolute atomic E-state index is 1.93. The molecule has 0 aromatic heterocycles. The van der Waals surface area contributed by atoms with Crippen LogP contribution in [0.2, 0.25) is 0 Å². The van der Waals surface area contributed by atoms with Gasteiger partial charge in [0.1, 0.15) is 0 Å². The Morgan fingerprint density at radius 1 is 0.818 bits per heavy atom. The SMILES string of the molecule is FC(Cl)=C(F)OC(F)=C(F)Cl. The third-order valence-corrected chi connectivity index (χ3v) is 0.774. The monoisotopic (exact) mass is 210 g/mol. The summed E-state index contributed by atoms with van der Waals surface area (Å²) in [5, 5.41) is -3.86. The topological polar surface area (TPSA) is 9.23 Å². The summed E-state index contributed by atoms with van der Waals surface area (Å²) in [5.41, 5.74) is 0. The van der Waals surface area contributed by atoms with Gasteiger partial charge in [0, 0.05) is 0 Å². The van der Waals surface area contributed by atoms with E-state index in [4.69, 9.17) is 0 Å². The van der Waals surface area contributed by atoms with Gasteiger partial charge in [0.25, 0.3) is 10.6 Å². The molecule has 0 aromatic rings. The smallest absolute Gasteiger partial charge is 0.328 e. The van der Waals surface area contributed by atoms with E-state index in [2.05, 4.69) is 27.9 Å². The van der Waals surface area contributed by atoms with E-state index in [0.29, 0.717) is 0 Å². The first-order valence-corrected chi connectivity index (χ1v) is 2.80. The first-order chi connectivity index (χ1) is 4.95. The Hall–Kier alpha value is -0.420. The van der Waals surface area contributed by atoms with Gasteiger partial charge in [0.15, 0.2) is 0 Å². The van der Waals surface area contributed by atoms with E-state index in [1.165, 1.54) is 0 Å². The molecule has 0 N–H and O–H groups in total. The Balaban J connectivity index is 4.30. The molecule has 7 heteroatoms. The molecule has 0 saturated heterocycles. The van der Waals surface area contributed by atoms with Gasteiger partial charge >= 0.3 is 12.0 Å². The van der Waals surface area contributed by atoms with Crippen LogP contribution in [0.25, 0.3) is 0 Å². The maximum absolute atomic E-state index is 11.8. The summed E-state index contributed by atoms with van der Waals surface area (Å²) in [5.74, 6) is 0. The third-order valence-electron chi connectivity index (χ3n) is 0.476. The van der Waals surface area contributed by atoms with Crippen molar-refractivity contribution >= 4 is 23.2 Å². The summed E-state index contributed by atoms with van der Waals surface area (Å²) >= 11 is 8.67. The first-order valence-electron chi connectivity index (χ1n) is 2.04. The Kier molecular flexibility index (Phi) is 4.29. The van der Waals surface area contributed by atoms with Crippen molar-refractivity contribution in [1.82, 2.24) is 0 Å². The van der Waals surface area contributed by atoms with Crippen molar-refractivity contribution in [3.63, 3.8) is 0 Å². The molecular formula is C4Cl2F4O. The van der Waals surface area contributed by atoms with Crippen LogP contribution in [-0.4, -0.2) is 0 Å². The molecule has 0 atom stereocenters. The van der Waals surface area contributed by atoms with E-state index >= 15 is 0 Å². The molecule has 0 radical (unpaired) electrons. The largest absolute Gasteiger partial charge is 0.398 e. The predicted molar refractivity (Wildman–Crippen MR) is 31.3 cm³/mol. The highest BCUT2D eigenvalue weighted by atomic mass is 35.5. The normalized spacial score (nSPS) is 15.5. The lowest BCUT2D eigenvalue weighted by Crippen LogP contribution is -1.84. The van der Waals surface area contributed by atoms with E-state index < -0.39 is 22.6 Å². The molecule has 0 aliphatic carbocycles. The van der Waals surface area contributed by atoms with Crippen LogP contribution in [-0.2, 0) is 4.74 Å². The third kappa shape index (κ3) is 4.10. The number of hydrogen-bond donors (Lipinski definition) is 0. The van der Waals surface area contributed by atoms with Gasteiger partial charge in [0.2, 0.25) is 0 Å². The summed E-state index contributed by atoms with van der Waals surface area (Å²) in [7, 11) is 0. The van der Waals surface area contributed by atoms with Crippen molar-refractivity contribution in [2.24, 2.45) is 0 Å². The zero-order valence-electron chi connectivity index (χ0n) is 4.68. The zero-order chi connectivity index (χ0) is 9.02. The van der Waals surface area contributed by atoms with E-state index in [-0.39, 0.29) is 0 Å². The summed E-state index contributed by atoms with van der Waals surface area (Å²) in [6, 6.07) is -4.19. The second-order valence-corrected chi connectivity index (χ2v) is 1.83. The minimum Gasteiger partial charge on any atom is -0.398 e. The van der Waals surface area contributed by atoms with Crippen molar-refractivity contribution in [2.75, 3.05) is 0 Å². The molecule has 1 nitrogen and oxygen atoms in total. The quantitative estimate of drug-likeness (QED) is 0.500. The molecule has 0 rings (SSSR count). The maximum atomic E-state index is 11.8. The molecule has 0 aliphatic heterocycles. The van der Waals surface area contributed by atoms with Gasteiger partial charge in [-0.05, 0) is 23.2 Å². The Morgan fingerprint density at radius 2 is 1.09 bits per heavy atom. The van der Waals surface area contributed by atoms with Crippen LogP contribution in [0.4, 0.5) is 17.6 Å². The van der Waals surface area contributed by atoms with E-state index in [9.17, 15) is 17.6 Å². The van der Waals surface area contributed by atoms with Crippen molar-refractivity contribution in [3.8, 4) is 0 Å². The molecule has 0 unspecified atom stereocenters. The van der Waals surface area contributed by atoms with Crippen LogP contribution in [0.3, 0.4) is 0 Å². The molecule has 0 bridgehead atoms. The molecule has 0 amide bonds. The van der Waals surface area contributed by atoms with Crippen LogP contribution >= 0.6 is 23.2 Å². The van der Waals surface area contributed by atoms with Crippen molar-refractivity contribution in [2.45, 2.75) is 0 Å². The number of halogens is 6. The first kappa shape index (κ1) is 10.6. The second kappa shape index (κ2) is 4.46. The Bertz CT molecular complexity index is 182. The van der Waals surface area contributed by atoms with Crippen LogP contribution in [0.5, 0.6) is 0 Å². The van der Waals surface area contributed by atoms with Gasteiger partial charge < -0.3 is 4.74 Å². The average molecular weight is 211 g/mol. The van der Waals surface area contributed by atoms with Crippen LogP contribution in [0.15, 0.2) is 22.6 Å². The minimum atomic E-state index is -2.10. The molecule has 0 aromatic carbocycles. The molecule has 0 heterocycles. The lowest BCUT2D eigenvalue weighted by atomic mass is 10.9. The van der Waals surface area contributed by atoms with Crippen molar-refractivity contribution < 1.29 is 22.3 Å². The molecule has 0 saturated carbocycles. The zero-order valence-corrected chi connectivity index (χ0v) is 6.19. The molecule has 0 fully saturated rings. The summed E-state index contributed by atoms with van der Waals surface area (Å²) in [6.07, 6.45) is 0. The lowest BCUT2D eigenvalue weighted by Gasteiger charge is -1.95. The average Bonchev–Trinajstić information content (AvgIpc) is 1.87. The fourth-order valence-electron chi connectivity index (χ4n) is 0.156. The van der Waals surface area contributed by atoms with Crippen molar-refractivity contribution in [3.05, 3.63) is 22.6 Å². The highest BCUT2D eigenvalue weighted by molar-refractivity contribution is 6.28. The molecule has 0 spiro atoms. The highest BCUT2D eigenvalue weighted by Crippen LogP contribution is 2.21. The molecule has 64 valence electrons. The van der Waals surface area contributed by atoms with Gasteiger partial charge in [-0.2, -0.15) is 17.6 Å². The molecule has 11 heavy (non-hydrogen) atoms. The molecule has 0 aliphatic rings. The predicted octanol–water partition coefficient (Wildman–Crippen LogP) is 3.61. The maximum Gasteiger partial charge on any atom is 0.328 e. The standard InChI is InChI=1S/C4Cl2F4O/c5-1(7)3(9)11-4(10)2(6)8. The number of rotatable bonds is 2. The van der Waals surface area contributed by atoms with Crippen LogP contribution in [0, 0.1) is 0 Å². The van der Waals surface area contributed by atoms with E-state index in [0.717, 1.165) is 0 Å². The fraction of sp³-hybridized carbons (Fsp3) is 0. The van der Waals surface area contributed by atoms with Crippen LogP contribution < -0.4 is 0 Å². The second-order valence-electron chi connectivity index (χ2n) is 1.17. The van der Waals surface area contributed by atoms with Gasteiger partial charge in [-0.1, -0.05) is 0 Å². The lowest BCUT2D eigenvalue weighted by molar-refractivity contribution is 0.139. The van der Waals surface area contributed by atoms with Gasteiger partial charge in [-0.15, -0.1) is 0 Å². The highest BCUT2D eigenvalue weighted by Gasteiger charge is 2.11. The molecular weight excluding hydrogens is 211 g/mol. The fourth-order valence-corrected chi connectivity index (χ4v) is 0.233. The van der Waals surface area contributed by atoms with Gasteiger partial charge in [-0.3, -0.25) is 0 Å². The van der Waals surface area contributed by atoms with E-state index in [1.54, 1.807) is 0 Å². The number of ether oxygens (including phenoxy) is 1. The summed E-state index contributed by atoms with van der Waals surface area (Å²) in [6.45, 7) is 0. The summed E-state index contributed by atoms with van der Waals surface area (Å²) < 4.78 is 49.8. The van der Waals surface area contributed by atoms with Crippen LogP contribution in [0.1, 0.15) is 0 Å². The summed E-state index contributed by atoms with van der Waals surface area (Å²) in [4.78, 5) is 0. The Labute approximate surface area is 68.8 Å². The van der Waals surface area contributed by atoms with Gasteiger partial charge in [-0.25, -0.2) is 0 Å². The van der Waals surface area contributed by atoms with E-state index in [1.807, 2.05) is 0 Å². The number of hydrogen-bond acceptors (Lipinski definition) is 1. The van der Waals surface area contributed by atoms with Crippen molar-refractivity contribution in [1.29, 1.82) is 0 Å². The van der Waals surface area contributed by atoms with Gasteiger partial charge in [0.05, 0.1) is 0 Å². The Morgan fingerprint density at radius 3 is 1.27 bits per heavy atom.